The summed E-state index contributed by atoms with van der Waals surface area (Å²) in [5, 5.41) is 0.596. The molecule has 2 aromatic rings. The zero-order valence-electron chi connectivity index (χ0n) is 15.0. The highest BCUT2D eigenvalue weighted by Gasteiger charge is 2.41. The predicted octanol–water partition coefficient (Wildman–Crippen LogP) is 5.04. The lowest BCUT2D eigenvalue weighted by Crippen LogP contribution is -2.23. The number of carbonyl (C=O) groups is 2. The molecule has 6 nitrogen and oxygen atoms in total. The first kappa shape index (κ1) is 23.8. The maximum absolute atomic E-state index is 12.0. The van der Waals surface area contributed by atoms with Crippen LogP contribution in [-0.4, -0.2) is 50.2 Å². The first-order chi connectivity index (χ1) is 13.6. The number of hydrogen-bond donors (Lipinski definition) is 0. The Morgan fingerprint density at radius 2 is 1.41 bits per heavy atom. The molecule has 13 heteroatoms. The van der Waals surface area contributed by atoms with E-state index in [4.69, 9.17) is 23.2 Å². The van der Waals surface area contributed by atoms with Gasteiger partial charge in [0, 0.05) is 18.3 Å². The second-order valence-corrected chi connectivity index (χ2v) is 7.85. The van der Waals surface area contributed by atoms with E-state index in [-0.39, 0.29) is 22.0 Å². The monoisotopic (exact) mass is 484 g/mol. The second-order valence-electron chi connectivity index (χ2n) is 5.59. The highest BCUT2D eigenvalue weighted by molar-refractivity contribution is 7.98. The third kappa shape index (κ3) is 6.53. The third-order valence-electron chi connectivity index (χ3n) is 3.52. The lowest BCUT2D eigenvalue weighted by Gasteiger charge is -2.06. The van der Waals surface area contributed by atoms with Gasteiger partial charge in [-0.3, -0.25) is 9.59 Å². The van der Waals surface area contributed by atoms with Crippen molar-refractivity contribution in [2.75, 3.05) is 12.5 Å². The Hall–Kier alpha value is -1.43. The fraction of sp³-hybridized carbons (Fsp3) is 0.375. The van der Waals surface area contributed by atoms with Gasteiger partial charge in [0.05, 0.1) is 11.1 Å². The van der Waals surface area contributed by atoms with Gasteiger partial charge in [-0.25, -0.2) is 19.9 Å². The molecule has 156 valence electrons. The quantitative estimate of drug-likeness (QED) is 0.252. The Balaban J connectivity index is 0.000000207. The van der Waals surface area contributed by atoms with E-state index in [9.17, 15) is 22.8 Å². The van der Waals surface area contributed by atoms with E-state index in [1.165, 1.54) is 18.0 Å². The minimum Gasteiger partial charge on any atom is -0.294 e. The van der Waals surface area contributed by atoms with Gasteiger partial charge in [-0.15, -0.1) is 0 Å². The maximum Gasteiger partial charge on any atom is 0.455 e. The smallest absolute Gasteiger partial charge is 0.294 e. The van der Waals surface area contributed by atoms with E-state index >= 15 is 0 Å². The molecule has 0 bridgehead atoms. The summed E-state index contributed by atoms with van der Waals surface area (Å²) in [4.78, 5) is 37.6. The van der Waals surface area contributed by atoms with Gasteiger partial charge in [-0.1, -0.05) is 46.7 Å². The largest absolute Gasteiger partial charge is 0.455 e. The van der Waals surface area contributed by atoms with Crippen LogP contribution in [0.1, 0.15) is 33.6 Å². The minimum absolute atomic E-state index is 0.0858. The van der Waals surface area contributed by atoms with Crippen molar-refractivity contribution in [1.29, 1.82) is 0 Å². The van der Waals surface area contributed by atoms with Crippen LogP contribution >= 0.6 is 46.7 Å². The van der Waals surface area contributed by atoms with Gasteiger partial charge in [0.2, 0.25) is 0 Å². The second kappa shape index (κ2) is 10.1. The van der Waals surface area contributed by atoms with Crippen LogP contribution in [0.25, 0.3) is 0 Å². The Morgan fingerprint density at radius 1 is 0.966 bits per heavy atom. The molecule has 1 aliphatic rings. The number of rotatable bonds is 5. The number of hydrogen-bond acceptors (Lipinski definition) is 8. The first-order valence-electron chi connectivity index (χ1n) is 7.87. The van der Waals surface area contributed by atoms with Crippen LogP contribution in [0.2, 0.25) is 10.3 Å². The van der Waals surface area contributed by atoms with Crippen LogP contribution in [0.3, 0.4) is 0 Å². The van der Waals surface area contributed by atoms with Crippen LogP contribution in [-0.2, 0) is 0 Å². The van der Waals surface area contributed by atoms with Crippen LogP contribution < -0.4 is 0 Å². The molecule has 0 amide bonds. The molecule has 2 aromatic heterocycles. The fourth-order valence-corrected chi connectivity index (χ4v) is 3.14. The lowest BCUT2D eigenvalue weighted by atomic mass is 10.1. The van der Waals surface area contributed by atoms with Crippen LogP contribution in [0.5, 0.6) is 0 Å². The van der Waals surface area contributed by atoms with Crippen molar-refractivity contribution < 1.29 is 22.8 Å². The molecule has 1 saturated carbocycles. The molecule has 0 radical (unpaired) electrons. The number of ketones is 2. The molecule has 2 heterocycles. The highest BCUT2D eigenvalue weighted by Crippen LogP contribution is 2.34. The van der Waals surface area contributed by atoms with Crippen LogP contribution in [0, 0.1) is 5.92 Å². The third-order valence-corrected chi connectivity index (χ3v) is 5.22. The Labute approximate surface area is 182 Å². The summed E-state index contributed by atoms with van der Waals surface area (Å²) < 4.78 is 36.1. The van der Waals surface area contributed by atoms with Crippen LogP contribution in [0.15, 0.2) is 22.7 Å². The molecule has 0 aliphatic heterocycles. The Morgan fingerprint density at radius 3 is 1.76 bits per heavy atom. The number of Topliss-reactive ketones (excluding diaryl/α,β-unsaturated/α-hetero) is 2. The molecule has 0 aromatic carbocycles. The molecular formula is C16H13Cl2F3N4O2S2. The molecule has 1 fully saturated rings. The molecule has 0 spiro atoms. The van der Waals surface area contributed by atoms with Crippen molar-refractivity contribution in [3.05, 3.63) is 33.8 Å². The minimum atomic E-state index is -4.96. The molecular weight excluding hydrogens is 472 g/mol. The van der Waals surface area contributed by atoms with E-state index in [1.54, 1.807) is 6.26 Å². The molecule has 0 saturated heterocycles. The standard InChI is InChI=1S/C9H9ClN2OS.C7H4ClF3N2OS/c1-14-9-11-4-6(8(10)12-9)7(13)5-2-3-5;1-15-6-12-2-3(5(8)13-6)4(14)7(9,10)11/h4-5H,2-3H2,1H3;2H,1H3. The summed E-state index contributed by atoms with van der Waals surface area (Å²) in [6, 6.07) is 0. The average molecular weight is 485 g/mol. The summed E-state index contributed by atoms with van der Waals surface area (Å²) in [5.41, 5.74) is -0.270. The van der Waals surface area contributed by atoms with Gasteiger partial charge in [0.1, 0.15) is 10.3 Å². The van der Waals surface area contributed by atoms with Crippen molar-refractivity contribution in [2.24, 2.45) is 5.92 Å². The van der Waals surface area contributed by atoms with Gasteiger partial charge in [-0.2, -0.15) is 13.2 Å². The predicted molar refractivity (Wildman–Crippen MR) is 105 cm³/mol. The van der Waals surface area contributed by atoms with E-state index in [0.29, 0.717) is 10.7 Å². The van der Waals surface area contributed by atoms with Crippen molar-refractivity contribution in [3.63, 3.8) is 0 Å². The number of carbonyl (C=O) groups excluding carboxylic acids is 2. The van der Waals surface area contributed by atoms with Gasteiger partial charge < -0.3 is 0 Å². The van der Waals surface area contributed by atoms with E-state index in [0.717, 1.165) is 30.8 Å². The molecule has 0 unspecified atom stereocenters. The topological polar surface area (TPSA) is 85.7 Å². The maximum atomic E-state index is 12.0. The van der Waals surface area contributed by atoms with Crippen molar-refractivity contribution in [3.8, 4) is 0 Å². The summed E-state index contributed by atoms with van der Waals surface area (Å²) in [6.45, 7) is 0. The summed E-state index contributed by atoms with van der Waals surface area (Å²) in [6.07, 6.45) is 2.79. The number of alkyl halides is 3. The zero-order chi connectivity index (χ0) is 21.8. The van der Waals surface area contributed by atoms with Crippen LogP contribution in [0.4, 0.5) is 13.2 Å². The molecule has 29 heavy (non-hydrogen) atoms. The molecule has 3 rings (SSSR count). The van der Waals surface area contributed by atoms with E-state index in [1.807, 2.05) is 6.26 Å². The number of aromatic nitrogens is 4. The SMILES string of the molecule is CSc1ncc(C(=O)C(F)(F)F)c(Cl)n1.CSc1ncc(C(=O)C2CC2)c(Cl)n1. The normalized spacial score (nSPS) is 13.5. The van der Waals surface area contributed by atoms with Crippen molar-refractivity contribution in [1.82, 2.24) is 19.9 Å². The summed E-state index contributed by atoms with van der Waals surface area (Å²) in [7, 11) is 0. The summed E-state index contributed by atoms with van der Waals surface area (Å²) in [5.74, 6) is -1.79. The van der Waals surface area contributed by atoms with Gasteiger partial charge in [0.15, 0.2) is 16.1 Å². The average Bonchev–Trinajstić information content (AvgIpc) is 3.51. The van der Waals surface area contributed by atoms with Gasteiger partial charge >= 0.3 is 6.18 Å². The summed E-state index contributed by atoms with van der Waals surface area (Å²) >= 11 is 13.8. The van der Waals surface area contributed by atoms with Crippen molar-refractivity contribution >= 4 is 58.3 Å². The lowest BCUT2D eigenvalue weighted by molar-refractivity contribution is -0.0885. The zero-order valence-corrected chi connectivity index (χ0v) is 18.1. The van der Waals surface area contributed by atoms with E-state index in [2.05, 4.69) is 19.9 Å². The number of halogens is 5. The highest BCUT2D eigenvalue weighted by atomic mass is 35.5. The number of nitrogens with zero attached hydrogens (tertiary/aromatic N) is 4. The molecule has 0 N–H and O–H groups in total. The Kier molecular flexibility index (Phi) is 8.27. The van der Waals surface area contributed by atoms with Gasteiger partial charge in [0.25, 0.3) is 5.78 Å². The molecule has 1 aliphatic carbocycles. The van der Waals surface area contributed by atoms with Gasteiger partial charge in [-0.05, 0) is 25.4 Å². The van der Waals surface area contributed by atoms with Crippen molar-refractivity contribution in [2.45, 2.75) is 29.3 Å². The first-order valence-corrected chi connectivity index (χ1v) is 11.1. The van der Waals surface area contributed by atoms with E-state index < -0.39 is 22.7 Å². The fourth-order valence-electron chi connectivity index (χ4n) is 1.92. The number of thioether (sulfide) groups is 2. The Bertz CT molecular complexity index is 928. The molecule has 0 atom stereocenters.